The minimum absolute atomic E-state index is 0.711. The highest BCUT2D eigenvalue weighted by Gasteiger charge is 2.26. The monoisotopic (exact) mass is 376 g/mol. The second-order valence-electron chi connectivity index (χ2n) is 7.04. The Morgan fingerprint density at radius 1 is 0.517 bits per heavy atom. The fourth-order valence-electron chi connectivity index (χ4n) is 3.74. The van der Waals surface area contributed by atoms with Crippen molar-refractivity contribution in [3.63, 3.8) is 0 Å². The molecule has 0 saturated carbocycles. The number of benzene rings is 4. The van der Waals surface area contributed by atoms with Crippen LogP contribution in [0.2, 0.25) is 0 Å². The number of nitrogens with two attached hydrogens (primary N) is 2. The molecule has 140 valence electrons. The predicted octanol–water partition coefficient (Wildman–Crippen LogP) is 5.42. The number of hydrazone groups is 1. The fourth-order valence-corrected chi connectivity index (χ4v) is 3.74. The standard InChI is InChI=1S/C25H20N4/c26-17-11-13-21-22-14-12-18(27)16-24(22)25(23(21)15-17)28-29(19-7-3-1-4-8-19)20-9-5-2-6-10-20/h1-16H,26-27H2. The lowest BCUT2D eigenvalue weighted by Gasteiger charge is -2.21. The molecule has 0 unspecified atom stereocenters. The predicted molar refractivity (Wildman–Crippen MR) is 121 cm³/mol. The largest absolute Gasteiger partial charge is 0.399 e. The highest BCUT2D eigenvalue weighted by molar-refractivity contribution is 6.25. The maximum absolute atomic E-state index is 6.12. The Labute approximate surface area is 169 Å². The van der Waals surface area contributed by atoms with Gasteiger partial charge in [-0.05, 0) is 59.7 Å². The summed E-state index contributed by atoms with van der Waals surface area (Å²) in [5.41, 5.74) is 20.8. The molecular formula is C25H20N4. The zero-order valence-electron chi connectivity index (χ0n) is 15.8. The molecule has 0 saturated heterocycles. The molecule has 0 atom stereocenters. The van der Waals surface area contributed by atoms with Gasteiger partial charge in [-0.3, -0.25) is 0 Å². The second-order valence-corrected chi connectivity index (χ2v) is 7.04. The average Bonchev–Trinajstić information content (AvgIpc) is 3.05. The Balaban J connectivity index is 1.76. The van der Waals surface area contributed by atoms with E-state index < -0.39 is 0 Å². The Kier molecular flexibility index (Phi) is 4.03. The molecule has 4 aromatic carbocycles. The number of para-hydroxylation sites is 2. The summed E-state index contributed by atoms with van der Waals surface area (Å²) in [5.74, 6) is 0. The van der Waals surface area contributed by atoms with Gasteiger partial charge in [-0.15, -0.1) is 0 Å². The highest BCUT2D eigenvalue weighted by atomic mass is 15.5. The third kappa shape index (κ3) is 3.01. The summed E-state index contributed by atoms with van der Waals surface area (Å²) in [6.45, 7) is 0. The van der Waals surface area contributed by atoms with E-state index in [4.69, 9.17) is 16.6 Å². The lowest BCUT2D eigenvalue weighted by atomic mass is 10.1. The van der Waals surface area contributed by atoms with Crippen molar-refractivity contribution in [2.45, 2.75) is 0 Å². The van der Waals surface area contributed by atoms with Crippen LogP contribution in [0.25, 0.3) is 11.1 Å². The smallest absolute Gasteiger partial charge is 0.0998 e. The summed E-state index contributed by atoms with van der Waals surface area (Å²) in [5, 5.41) is 7.08. The van der Waals surface area contributed by atoms with Crippen molar-refractivity contribution in [1.82, 2.24) is 0 Å². The Morgan fingerprint density at radius 2 is 0.966 bits per heavy atom. The van der Waals surface area contributed by atoms with Crippen LogP contribution in [0.4, 0.5) is 22.7 Å². The van der Waals surface area contributed by atoms with E-state index in [1.165, 1.54) is 0 Å². The van der Waals surface area contributed by atoms with E-state index in [1.807, 2.05) is 89.9 Å². The maximum Gasteiger partial charge on any atom is 0.0998 e. The van der Waals surface area contributed by atoms with Crippen molar-refractivity contribution in [3.05, 3.63) is 108 Å². The first-order valence-corrected chi connectivity index (χ1v) is 9.50. The van der Waals surface area contributed by atoms with E-state index in [0.717, 1.165) is 39.3 Å². The van der Waals surface area contributed by atoms with E-state index in [0.29, 0.717) is 11.4 Å². The highest BCUT2D eigenvalue weighted by Crippen LogP contribution is 2.40. The van der Waals surface area contributed by atoms with Crippen LogP contribution in [0.15, 0.2) is 102 Å². The molecule has 0 heterocycles. The second kappa shape index (κ2) is 6.84. The zero-order chi connectivity index (χ0) is 19.8. The van der Waals surface area contributed by atoms with Crippen LogP contribution in [0.3, 0.4) is 0 Å². The molecule has 0 aliphatic heterocycles. The molecule has 4 N–H and O–H groups in total. The minimum Gasteiger partial charge on any atom is -0.399 e. The number of anilines is 4. The molecule has 1 aliphatic rings. The summed E-state index contributed by atoms with van der Waals surface area (Å²) in [7, 11) is 0. The summed E-state index contributed by atoms with van der Waals surface area (Å²) < 4.78 is 0. The molecule has 29 heavy (non-hydrogen) atoms. The lowest BCUT2D eigenvalue weighted by molar-refractivity contribution is 1.08. The van der Waals surface area contributed by atoms with Gasteiger partial charge in [-0.2, -0.15) is 5.10 Å². The van der Waals surface area contributed by atoms with E-state index in [1.54, 1.807) is 0 Å². The fraction of sp³-hybridized carbons (Fsp3) is 0. The first-order valence-electron chi connectivity index (χ1n) is 9.50. The summed E-state index contributed by atoms with van der Waals surface area (Å²) in [6, 6.07) is 32.2. The minimum atomic E-state index is 0.711. The van der Waals surface area contributed by atoms with E-state index in [-0.39, 0.29) is 0 Å². The van der Waals surface area contributed by atoms with Crippen LogP contribution in [0.1, 0.15) is 11.1 Å². The molecule has 4 heteroatoms. The number of nitrogen functional groups attached to an aromatic ring is 2. The molecule has 0 fully saturated rings. The summed E-state index contributed by atoms with van der Waals surface area (Å²) >= 11 is 0. The molecule has 4 aromatic rings. The molecule has 0 spiro atoms. The third-order valence-electron chi connectivity index (χ3n) is 5.09. The normalized spacial score (nSPS) is 11.7. The van der Waals surface area contributed by atoms with Crippen molar-refractivity contribution in [1.29, 1.82) is 0 Å². The van der Waals surface area contributed by atoms with Gasteiger partial charge in [0.1, 0.15) is 0 Å². The van der Waals surface area contributed by atoms with Crippen molar-refractivity contribution in [2.75, 3.05) is 16.5 Å². The Hall–Kier alpha value is -4.05. The van der Waals surface area contributed by atoms with Gasteiger partial charge in [0.2, 0.25) is 0 Å². The molecular weight excluding hydrogens is 356 g/mol. The van der Waals surface area contributed by atoms with Crippen LogP contribution < -0.4 is 16.5 Å². The van der Waals surface area contributed by atoms with Gasteiger partial charge < -0.3 is 11.5 Å². The number of nitrogens with zero attached hydrogens (tertiary/aromatic N) is 2. The molecule has 0 aromatic heterocycles. The van der Waals surface area contributed by atoms with E-state index in [2.05, 4.69) is 12.1 Å². The van der Waals surface area contributed by atoms with Crippen molar-refractivity contribution >= 4 is 28.5 Å². The molecule has 1 aliphatic carbocycles. The summed E-state index contributed by atoms with van der Waals surface area (Å²) in [4.78, 5) is 0. The van der Waals surface area contributed by atoms with Gasteiger partial charge in [0.15, 0.2) is 0 Å². The molecule has 5 rings (SSSR count). The number of fused-ring (bicyclic) bond motifs is 3. The Morgan fingerprint density at radius 3 is 1.41 bits per heavy atom. The number of rotatable bonds is 3. The van der Waals surface area contributed by atoms with Gasteiger partial charge in [-0.1, -0.05) is 48.5 Å². The van der Waals surface area contributed by atoms with Crippen molar-refractivity contribution in [3.8, 4) is 11.1 Å². The van der Waals surface area contributed by atoms with Crippen LogP contribution in [-0.4, -0.2) is 5.71 Å². The molecule has 0 radical (unpaired) electrons. The number of hydrogen-bond acceptors (Lipinski definition) is 4. The Bertz CT molecular complexity index is 1120. The molecule has 4 nitrogen and oxygen atoms in total. The third-order valence-corrected chi connectivity index (χ3v) is 5.09. The molecule has 0 bridgehead atoms. The first-order chi connectivity index (χ1) is 14.2. The van der Waals surface area contributed by atoms with Gasteiger partial charge >= 0.3 is 0 Å². The van der Waals surface area contributed by atoms with Crippen LogP contribution in [0, 0.1) is 0 Å². The van der Waals surface area contributed by atoms with Crippen molar-refractivity contribution in [2.24, 2.45) is 5.10 Å². The zero-order valence-corrected chi connectivity index (χ0v) is 15.8. The van der Waals surface area contributed by atoms with E-state index >= 15 is 0 Å². The SMILES string of the molecule is Nc1ccc2c(c1)C(=NN(c1ccccc1)c1ccccc1)c1cc(N)ccc1-2. The summed E-state index contributed by atoms with van der Waals surface area (Å²) in [6.07, 6.45) is 0. The lowest BCUT2D eigenvalue weighted by Crippen LogP contribution is -2.14. The van der Waals surface area contributed by atoms with Gasteiger partial charge in [0, 0.05) is 22.5 Å². The number of hydrogen-bond donors (Lipinski definition) is 2. The van der Waals surface area contributed by atoms with Gasteiger partial charge in [0.25, 0.3) is 0 Å². The van der Waals surface area contributed by atoms with Crippen molar-refractivity contribution < 1.29 is 0 Å². The van der Waals surface area contributed by atoms with Gasteiger partial charge in [-0.25, -0.2) is 5.01 Å². The quantitative estimate of drug-likeness (QED) is 0.326. The maximum atomic E-state index is 6.12. The molecule has 0 amide bonds. The van der Waals surface area contributed by atoms with Crippen LogP contribution in [-0.2, 0) is 0 Å². The van der Waals surface area contributed by atoms with Crippen LogP contribution in [0.5, 0.6) is 0 Å². The van der Waals surface area contributed by atoms with Crippen LogP contribution >= 0.6 is 0 Å². The first kappa shape index (κ1) is 17.1. The van der Waals surface area contributed by atoms with Gasteiger partial charge in [0.05, 0.1) is 17.1 Å². The average molecular weight is 376 g/mol. The van der Waals surface area contributed by atoms with E-state index in [9.17, 15) is 0 Å². The topological polar surface area (TPSA) is 67.6 Å².